The molecule has 1 aliphatic rings. The molecule has 4 aromatic rings. The highest BCUT2D eigenvalue weighted by molar-refractivity contribution is 7.99. The maximum absolute atomic E-state index is 5.99. The number of hydrogen-bond acceptors (Lipinski definition) is 9. The SMILES string of the molecule is COc1ccc(-c2nnc([C@@H](C)Sc3nnc(N4CCOCC4)n3Cc3ccccc3)o2)cc1. The normalized spacial score (nSPS) is 14.8. The van der Waals surface area contributed by atoms with Crippen molar-refractivity contribution in [3.63, 3.8) is 0 Å². The molecule has 1 atom stereocenters. The predicted molar refractivity (Wildman–Crippen MR) is 129 cm³/mol. The van der Waals surface area contributed by atoms with Gasteiger partial charge in [0.2, 0.25) is 17.7 Å². The predicted octanol–water partition coefficient (Wildman–Crippen LogP) is 4.07. The fourth-order valence-electron chi connectivity index (χ4n) is 3.73. The zero-order chi connectivity index (χ0) is 23.3. The first-order chi connectivity index (χ1) is 16.7. The number of aromatic nitrogens is 5. The number of hydrogen-bond donors (Lipinski definition) is 0. The molecule has 3 heterocycles. The van der Waals surface area contributed by atoms with E-state index in [0.717, 1.165) is 35.5 Å². The summed E-state index contributed by atoms with van der Waals surface area (Å²) in [5.74, 6) is 2.65. The molecule has 176 valence electrons. The van der Waals surface area contributed by atoms with Gasteiger partial charge in [0.05, 0.1) is 32.1 Å². The van der Waals surface area contributed by atoms with Crippen LogP contribution in [-0.4, -0.2) is 58.4 Å². The van der Waals surface area contributed by atoms with Crippen molar-refractivity contribution in [1.82, 2.24) is 25.0 Å². The molecule has 0 aliphatic carbocycles. The van der Waals surface area contributed by atoms with E-state index < -0.39 is 0 Å². The molecule has 0 spiro atoms. The first-order valence-corrected chi connectivity index (χ1v) is 12.0. The molecule has 1 fully saturated rings. The maximum atomic E-state index is 5.99. The van der Waals surface area contributed by atoms with Gasteiger partial charge in [-0.3, -0.25) is 4.57 Å². The number of rotatable bonds is 8. The second-order valence-corrected chi connectivity index (χ2v) is 9.20. The van der Waals surface area contributed by atoms with Crippen molar-refractivity contribution in [3.05, 3.63) is 66.1 Å². The van der Waals surface area contributed by atoms with Gasteiger partial charge in [0.1, 0.15) is 5.75 Å². The van der Waals surface area contributed by atoms with Gasteiger partial charge in [0.15, 0.2) is 5.16 Å². The second-order valence-electron chi connectivity index (χ2n) is 7.89. The summed E-state index contributed by atoms with van der Waals surface area (Å²) >= 11 is 1.56. The molecular weight excluding hydrogens is 452 g/mol. The lowest BCUT2D eigenvalue weighted by molar-refractivity contribution is 0.121. The summed E-state index contributed by atoms with van der Waals surface area (Å²) < 4.78 is 18.9. The number of thioether (sulfide) groups is 1. The lowest BCUT2D eigenvalue weighted by Gasteiger charge is -2.28. The van der Waals surface area contributed by atoms with Crippen molar-refractivity contribution in [2.45, 2.75) is 23.9 Å². The molecule has 0 N–H and O–H groups in total. The highest BCUT2D eigenvalue weighted by atomic mass is 32.2. The van der Waals surface area contributed by atoms with E-state index in [0.29, 0.717) is 31.5 Å². The first-order valence-electron chi connectivity index (χ1n) is 11.2. The summed E-state index contributed by atoms with van der Waals surface area (Å²) in [6.07, 6.45) is 0. The van der Waals surface area contributed by atoms with E-state index in [1.807, 2.05) is 49.4 Å². The lowest BCUT2D eigenvalue weighted by atomic mass is 10.2. The number of nitrogens with zero attached hydrogens (tertiary/aromatic N) is 6. The smallest absolute Gasteiger partial charge is 0.247 e. The van der Waals surface area contributed by atoms with E-state index in [4.69, 9.17) is 13.9 Å². The van der Waals surface area contributed by atoms with E-state index in [9.17, 15) is 0 Å². The summed E-state index contributed by atoms with van der Waals surface area (Å²) in [5, 5.41) is 18.3. The van der Waals surface area contributed by atoms with Gasteiger partial charge in [-0.25, -0.2) is 0 Å². The average Bonchev–Trinajstić information content (AvgIpc) is 3.53. The van der Waals surface area contributed by atoms with Crippen LogP contribution < -0.4 is 9.64 Å². The van der Waals surface area contributed by atoms with Crippen molar-refractivity contribution in [3.8, 4) is 17.2 Å². The van der Waals surface area contributed by atoms with E-state index in [2.05, 4.69) is 42.0 Å². The molecule has 5 rings (SSSR count). The highest BCUT2D eigenvalue weighted by Crippen LogP contribution is 2.36. The number of morpholine rings is 1. The summed E-state index contributed by atoms with van der Waals surface area (Å²) in [5.41, 5.74) is 2.03. The van der Waals surface area contributed by atoms with Crippen LogP contribution in [-0.2, 0) is 11.3 Å². The van der Waals surface area contributed by atoms with E-state index >= 15 is 0 Å². The molecule has 1 saturated heterocycles. The minimum Gasteiger partial charge on any atom is -0.497 e. The van der Waals surface area contributed by atoms with Gasteiger partial charge >= 0.3 is 0 Å². The van der Waals surface area contributed by atoms with Crippen LogP contribution in [0.4, 0.5) is 5.95 Å². The molecular formula is C24H26N6O3S. The third-order valence-electron chi connectivity index (χ3n) is 5.58. The monoisotopic (exact) mass is 478 g/mol. The van der Waals surface area contributed by atoms with Gasteiger partial charge in [0, 0.05) is 18.7 Å². The number of ether oxygens (including phenoxy) is 2. The van der Waals surface area contributed by atoms with Crippen LogP contribution in [0, 0.1) is 0 Å². The van der Waals surface area contributed by atoms with Gasteiger partial charge in [-0.05, 0) is 36.8 Å². The highest BCUT2D eigenvalue weighted by Gasteiger charge is 2.24. The average molecular weight is 479 g/mol. The van der Waals surface area contributed by atoms with Gasteiger partial charge < -0.3 is 18.8 Å². The number of benzene rings is 2. The topological polar surface area (TPSA) is 91.3 Å². The Morgan fingerprint density at radius 2 is 1.74 bits per heavy atom. The molecule has 0 bridgehead atoms. The van der Waals surface area contributed by atoms with Crippen molar-refractivity contribution >= 4 is 17.7 Å². The fraction of sp³-hybridized carbons (Fsp3) is 0.333. The van der Waals surface area contributed by atoms with Gasteiger partial charge in [-0.15, -0.1) is 20.4 Å². The second kappa shape index (κ2) is 10.3. The molecule has 0 amide bonds. The Bertz CT molecular complexity index is 1210. The van der Waals surface area contributed by atoms with Crippen molar-refractivity contribution < 1.29 is 13.9 Å². The molecule has 0 radical (unpaired) electrons. The van der Waals surface area contributed by atoms with Crippen LogP contribution in [0.3, 0.4) is 0 Å². The Morgan fingerprint density at radius 3 is 2.47 bits per heavy atom. The minimum atomic E-state index is -0.101. The lowest BCUT2D eigenvalue weighted by Crippen LogP contribution is -2.38. The third-order valence-corrected chi connectivity index (χ3v) is 6.65. The molecule has 9 nitrogen and oxygen atoms in total. The van der Waals surface area contributed by atoms with E-state index in [-0.39, 0.29) is 5.25 Å². The Kier molecular flexibility index (Phi) is 6.77. The molecule has 10 heteroatoms. The zero-order valence-corrected chi connectivity index (χ0v) is 19.9. The molecule has 34 heavy (non-hydrogen) atoms. The van der Waals surface area contributed by atoms with Crippen molar-refractivity contribution in [1.29, 1.82) is 0 Å². The van der Waals surface area contributed by atoms with E-state index in [1.165, 1.54) is 5.56 Å². The number of anilines is 1. The van der Waals surface area contributed by atoms with Crippen LogP contribution in [0.5, 0.6) is 5.75 Å². The summed E-state index contributed by atoms with van der Waals surface area (Å²) in [6, 6.07) is 17.9. The van der Waals surface area contributed by atoms with Crippen LogP contribution in [0.1, 0.15) is 23.6 Å². The van der Waals surface area contributed by atoms with Crippen LogP contribution in [0.15, 0.2) is 64.2 Å². The summed E-state index contributed by atoms with van der Waals surface area (Å²) in [6.45, 7) is 5.67. The first kappa shape index (κ1) is 22.4. The summed E-state index contributed by atoms with van der Waals surface area (Å²) in [4.78, 5) is 2.22. The largest absolute Gasteiger partial charge is 0.497 e. The van der Waals surface area contributed by atoms with Gasteiger partial charge in [0.25, 0.3) is 0 Å². The quantitative estimate of drug-likeness (QED) is 0.347. The Hall–Kier alpha value is -3.37. The fourth-order valence-corrected chi connectivity index (χ4v) is 4.60. The Morgan fingerprint density at radius 1 is 0.971 bits per heavy atom. The Balaban J connectivity index is 1.38. The molecule has 1 aliphatic heterocycles. The number of methoxy groups -OCH3 is 1. The van der Waals surface area contributed by atoms with Gasteiger partial charge in [-0.1, -0.05) is 42.1 Å². The maximum Gasteiger partial charge on any atom is 0.247 e. The standard InChI is InChI=1S/C24H26N6O3S/c1-17(21-25-26-22(33-21)19-8-10-20(31-2)11-9-19)34-24-28-27-23(29-12-14-32-15-13-29)30(24)16-18-6-4-3-5-7-18/h3-11,17H,12-16H2,1-2H3/t17-/m1/s1. The molecule has 2 aromatic carbocycles. The minimum absolute atomic E-state index is 0.101. The van der Waals surface area contributed by atoms with Crippen LogP contribution in [0.2, 0.25) is 0 Å². The van der Waals surface area contributed by atoms with Crippen LogP contribution >= 0.6 is 11.8 Å². The summed E-state index contributed by atoms with van der Waals surface area (Å²) in [7, 11) is 1.64. The third kappa shape index (κ3) is 4.92. The molecule has 0 saturated carbocycles. The van der Waals surface area contributed by atoms with Gasteiger partial charge in [-0.2, -0.15) is 0 Å². The van der Waals surface area contributed by atoms with Crippen molar-refractivity contribution in [2.24, 2.45) is 0 Å². The van der Waals surface area contributed by atoms with E-state index in [1.54, 1.807) is 18.9 Å². The molecule has 0 unspecified atom stereocenters. The molecule has 2 aromatic heterocycles. The van der Waals surface area contributed by atoms with Crippen molar-refractivity contribution in [2.75, 3.05) is 38.3 Å². The van der Waals surface area contributed by atoms with Crippen LogP contribution in [0.25, 0.3) is 11.5 Å². The zero-order valence-electron chi connectivity index (χ0n) is 19.1. The Labute approximate surface area is 202 Å².